The molecule has 0 fully saturated rings. The zero-order chi connectivity index (χ0) is 27.7. The van der Waals surface area contributed by atoms with Gasteiger partial charge >= 0.3 is 0 Å². The number of pyridine rings is 1. The number of aryl methyl sites for hydroxylation is 2. The molecule has 0 spiro atoms. The average Bonchev–Trinajstić information content (AvgIpc) is 3.56. The highest BCUT2D eigenvalue weighted by molar-refractivity contribution is 6.07. The number of rotatable bonds is 8. The summed E-state index contributed by atoms with van der Waals surface area (Å²) in [6.07, 6.45) is 3.24. The normalized spacial score (nSPS) is 11.6. The van der Waals surface area contributed by atoms with E-state index in [0.717, 1.165) is 0 Å². The molecule has 8 nitrogen and oxygen atoms in total. The van der Waals surface area contributed by atoms with Crippen molar-refractivity contribution in [1.82, 2.24) is 19.3 Å². The lowest BCUT2D eigenvalue weighted by Crippen LogP contribution is -2.33. The second-order valence-electron chi connectivity index (χ2n) is 8.93. The lowest BCUT2D eigenvalue weighted by molar-refractivity contribution is 0.102. The summed E-state index contributed by atoms with van der Waals surface area (Å²) in [6, 6.07) is 14.6. The van der Waals surface area contributed by atoms with Crippen LogP contribution in [0, 0.1) is 11.6 Å². The first-order valence-corrected chi connectivity index (χ1v) is 12.5. The zero-order valence-electron chi connectivity index (χ0n) is 21.7. The van der Waals surface area contributed by atoms with E-state index in [2.05, 4.69) is 15.4 Å². The second kappa shape index (κ2) is 10.3. The van der Waals surface area contributed by atoms with E-state index in [1.54, 1.807) is 39.7 Å². The maximum absolute atomic E-state index is 15.2. The number of anilines is 1. The van der Waals surface area contributed by atoms with Gasteiger partial charge in [-0.15, -0.1) is 0 Å². The Morgan fingerprint density at radius 1 is 1.03 bits per heavy atom. The fourth-order valence-electron chi connectivity index (χ4n) is 4.85. The van der Waals surface area contributed by atoms with Crippen LogP contribution in [0.25, 0.3) is 11.0 Å². The van der Waals surface area contributed by atoms with Crippen molar-refractivity contribution in [3.8, 4) is 5.88 Å². The number of halogens is 2. The highest BCUT2D eigenvalue weighted by Gasteiger charge is 2.41. The molecule has 0 radical (unpaired) electrons. The van der Waals surface area contributed by atoms with E-state index >= 15 is 8.78 Å². The molecule has 0 aliphatic rings. The van der Waals surface area contributed by atoms with E-state index in [-0.39, 0.29) is 28.3 Å². The molecule has 1 amide bonds. The molecule has 0 aliphatic heterocycles. The van der Waals surface area contributed by atoms with Crippen LogP contribution in [0.15, 0.2) is 73.1 Å². The van der Waals surface area contributed by atoms with Gasteiger partial charge in [-0.25, -0.2) is 13.8 Å². The van der Waals surface area contributed by atoms with Crippen LogP contribution in [0.1, 0.15) is 41.0 Å². The number of fused-ring (bicyclic) bond motifs is 1. The van der Waals surface area contributed by atoms with Crippen LogP contribution in [0.2, 0.25) is 0 Å². The predicted octanol–water partition coefficient (Wildman–Crippen LogP) is 5.10. The molecular formula is C29H27F2N5O3. The number of carbonyl (C=O) groups is 1. The molecule has 0 saturated heterocycles. The van der Waals surface area contributed by atoms with E-state index in [0.29, 0.717) is 29.8 Å². The summed E-state index contributed by atoms with van der Waals surface area (Å²) < 4.78 is 39.2. The Morgan fingerprint density at radius 3 is 2.21 bits per heavy atom. The minimum atomic E-state index is -2.21. The second-order valence-corrected chi connectivity index (χ2v) is 8.93. The van der Waals surface area contributed by atoms with Gasteiger partial charge in [-0.1, -0.05) is 36.4 Å². The lowest BCUT2D eigenvalue weighted by Gasteiger charge is -2.31. The summed E-state index contributed by atoms with van der Waals surface area (Å²) >= 11 is 0. The monoisotopic (exact) mass is 531 g/mol. The van der Waals surface area contributed by atoms with Crippen molar-refractivity contribution < 1.29 is 23.4 Å². The average molecular weight is 532 g/mol. The molecule has 0 bridgehead atoms. The van der Waals surface area contributed by atoms with Crippen molar-refractivity contribution in [2.75, 3.05) is 12.4 Å². The number of aromatic nitrogens is 4. The summed E-state index contributed by atoms with van der Waals surface area (Å²) in [7, 11) is 1.40. The third-order valence-electron chi connectivity index (χ3n) is 6.72. The number of ether oxygens (including phenoxy) is 1. The summed E-state index contributed by atoms with van der Waals surface area (Å²) in [5.74, 6) is -1.81. The first-order chi connectivity index (χ1) is 18.8. The molecule has 0 aliphatic carbocycles. The van der Waals surface area contributed by atoms with Crippen molar-refractivity contribution in [3.63, 3.8) is 0 Å². The topological polar surface area (TPSA) is 94.2 Å². The maximum atomic E-state index is 15.2. The minimum Gasteiger partial charge on any atom is -0.480 e. The zero-order valence-corrected chi connectivity index (χ0v) is 21.7. The highest BCUT2D eigenvalue weighted by Crippen LogP contribution is 2.41. The number of benzene rings is 2. The molecule has 0 saturated carbocycles. The lowest BCUT2D eigenvalue weighted by atomic mass is 9.82. The van der Waals surface area contributed by atoms with E-state index in [9.17, 15) is 9.90 Å². The maximum Gasteiger partial charge on any atom is 0.261 e. The smallest absolute Gasteiger partial charge is 0.261 e. The Morgan fingerprint density at radius 2 is 1.67 bits per heavy atom. The predicted molar refractivity (Wildman–Crippen MR) is 143 cm³/mol. The number of amides is 1. The van der Waals surface area contributed by atoms with E-state index in [4.69, 9.17) is 4.74 Å². The molecule has 2 aromatic carbocycles. The third-order valence-corrected chi connectivity index (χ3v) is 6.72. The Bertz CT molecular complexity index is 1630. The van der Waals surface area contributed by atoms with Gasteiger partial charge in [0, 0.05) is 30.4 Å². The van der Waals surface area contributed by atoms with Crippen molar-refractivity contribution in [3.05, 3.63) is 107 Å². The fourth-order valence-corrected chi connectivity index (χ4v) is 4.85. The number of aliphatic hydroxyl groups is 1. The highest BCUT2D eigenvalue weighted by atomic mass is 19.1. The van der Waals surface area contributed by atoms with Gasteiger partial charge in [0.15, 0.2) is 5.60 Å². The van der Waals surface area contributed by atoms with Crippen LogP contribution >= 0.6 is 0 Å². The van der Waals surface area contributed by atoms with Gasteiger partial charge in [-0.3, -0.25) is 9.48 Å². The number of hydrogen-bond donors (Lipinski definition) is 2. The summed E-state index contributed by atoms with van der Waals surface area (Å²) in [6.45, 7) is 4.71. The minimum absolute atomic E-state index is 0.0583. The largest absolute Gasteiger partial charge is 0.480 e. The van der Waals surface area contributed by atoms with Gasteiger partial charge in [0.1, 0.15) is 17.2 Å². The number of nitrogens with zero attached hydrogens (tertiary/aromatic N) is 4. The fraction of sp³-hybridized carbons (Fsp3) is 0.207. The van der Waals surface area contributed by atoms with Gasteiger partial charge < -0.3 is 19.7 Å². The van der Waals surface area contributed by atoms with Crippen molar-refractivity contribution in [2.24, 2.45) is 0 Å². The summed E-state index contributed by atoms with van der Waals surface area (Å²) in [4.78, 5) is 17.8. The van der Waals surface area contributed by atoms with Crippen molar-refractivity contribution in [2.45, 2.75) is 32.5 Å². The van der Waals surface area contributed by atoms with Crippen LogP contribution in [-0.2, 0) is 18.7 Å². The van der Waals surface area contributed by atoms with E-state index in [1.165, 1.54) is 49.7 Å². The molecule has 3 aromatic heterocycles. The molecular weight excluding hydrogens is 504 g/mol. The van der Waals surface area contributed by atoms with Crippen LogP contribution in [0.3, 0.4) is 0 Å². The molecule has 200 valence electrons. The first kappa shape index (κ1) is 26.1. The third kappa shape index (κ3) is 4.42. The number of carbonyl (C=O) groups excluding carboxylic acids is 1. The van der Waals surface area contributed by atoms with E-state index < -0.39 is 23.1 Å². The van der Waals surface area contributed by atoms with Crippen LogP contribution in [0.5, 0.6) is 5.88 Å². The van der Waals surface area contributed by atoms with Gasteiger partial charge in [0.2, 0.25) is 5.88 Å². The molecule has 10 heteroatoms. The number of methoxy groups -OCH3 is 1. The van der Waals surface area contributed by atoms with Gasteiger partial charge in [0.25, 0.3) is 5.91 Å². The van der Waals surface area contributed by atoms with Crippen molar-refractivity contribution >= 4 is 22.6 Å². The molecule has 0 atom stereocenters. The van der Waals surface area contributed by atoms with Crippen LogP contribution < -0.4 is 10.1 Å². The Kier molecular flexibility index (Phi) is 6.88. The number of hydrogen-bond acceptors (Lipinski definition) is 5. The molecule has 5 rings (SSSR count). The molecule has 39 heavy (non-hydrogen) atoms. The van der Waals surface area contributed by atoms with Gasteiger partial charge in [0.05, 0.1) is 35.7 Å². The first-order valence-electron chi connectivity index (χ1n) is 12.5. The molecule has 5 aromatic rings. The Hall–Kier alpha value is -4.57. The molecule has 0 unspecified atom stereocenters. The van der Waals surface area contributed by atoms with Crippen LogP contribution in [0.4, 0.5) is 14.5 Å². The Labute approximate surface area is 223 Å². The van der Waals surface area contributed by atoms with Gasteiger partial charge in [-0.2, -0.15) is 5.10 Å². The van der Waals surface area contributed by atoms with Crippen molar-refractivity contribution in [1.29, 1.82) is 0 Å². The summed E-state index contributed by atoms with van der Waals surface area (Å²) in [5, 5.41) is 19.2. The van der Waals surface area contributed by atoms with E-state index in [1.807, 2.05) is 13.8 Å². The summed E-state index contributed by atoms with van der Waals surface area (Å²) in [5.41, 5.74) is -0.753. The molecule has 2 N–H and O–H groups in total. The standard InChI is InChI=1S/C29H27F2N5O3/c1-4-35-17-18(16-32-35)33-27(37)19-14-25-24(34-28(19)39-3)15-26(36(25)5-2)29(38,20-10-6-8-12-22(20)30)21-11-7-9-13-23(21)31/h6-17,38H,4-5H2,1-3H3,(H,33,37). The molecule has 3 heterocycles. The SMILES string of the molecule is CCn1cc(NC(=O)c2cc3c(cc(C(O)(c4ccccc4F)c4ccccc4F)n3CC)nc2OC)cn1. The van der Waals surface area contributed by atoms with Gasteiger partial charge in [-0.05, 0) is 38.1 Å². The quantitative estimate of drug-likeness (QED) is 0.291. The number of nitrogens with one attached hydrogen (secondary N) is 1. The van der Waals surface area contributed by atoms with Crippen LogP contribution in [-0.4, -0.2) is 37.5 Å². The Balaban J connectivity index is 1.72.